The fourth-order valence-electron chi connectivity index (χ4n) is 3.56. The van der Waals surface area contributed by atoms with Gasteiger partial charge in [0.25, 0.3) is 0 Å². The Kier molecular flexibility index (Phi) is 4.90. The summed E-state index contributed by atoms with van der Waals surface area (Å²) in [6.07, 6.45) is 7.32. The van der Waals surface area contributed by atoms with Crippen molar-refractivity contribution >= 4 is 11.2 Å². The number of rotatable bonds is 5. The highest BCUT2D eigenvalue weighted by Crippen LogP contribution is 2.19. The molecule has 7 heteroatoms. The van der Waals surface area contributed by atoms with Crippen molar-refractivity contribution in [3.05, 3.63) is 59.6 Å². The normalized spacial score (nSPS) is 18.5. The number of hydrogen-bond donors (Lipinski definition) is 2. The Morgan fingerprint density at radius 2 is 2.00 bits per heavy atom. The van der Waals surface area contributed by atoms with Crippen molar-refractivity contribution in [2.75, 3.05) is 13.1 Å². The number of fused-ring (bicyclic) bond motifs is 1. The van der Waals surface area contributed by atoms with E-state index in [2.05, 4.69) is 25.2 Å². The fourth-order valence-corrected chi connectivity index (χ4v) is 3.56. The zero-order chi connectivity index (χ0) is 17.9. The second kappa shape index (κ2) is 7.47. The minimum atomic E-state index is -0.475. The van der Waals surface area contributed by atoms with Crippen molar-refractivity contribution in [1.29, 1.82) is 0 Å². The third-order valence-corrected chi connectivity index (χ3v) is 4.92. The molecule has 0 aliphatic carbocycles. The number of nitrogens with one attached hydrogen (secondary N) is 2. The lowest BCUT2D eigenvalue weighted by Gasteiger charge is -2.33. The van der Waals surface area contributed by atoms with Gasteiger partial charge < -0.3 is 10.3 Å². The first-order valence-electron chi connectivity index (χ1n) is 8.86. The number of aromatic amines is 1. The van der Waals surface area contributed by atoms with Crippen LogP contribution in [-0.2, 0) is 13.1 Å². The monoisotopic (exact) mass is 357 g/mol. The van der Waals surface area contributed by atoms with Crippen molar-refractivity contribution in [3.8, 4) is 0 Å². The van der Waals surface area contributed by atoms with E-state index >= 15 is 0 Å². The number of piperidine rings is 1. The SMILES string of the molecule is Fc1cccc(F)c1CN1CCCC(NCc2c[nH]c3nccnc23)C1. The molecular formula is C19H21F2N5. The second-order valence-corrected chi connectivity index (χ2v) is 6.72. The highest BCUT2D eigenvalue weighted by Gasteiger charge is 2.22. The molecule has 0 bridgehead atoms. The van der Waals surface area contributed by atoms with Crippen molar-refractivity contribution in [2.45, 2.75) is 32.0 Å². The molecule has 0 saturated carbocycles. The molecule has 0 amide bonds. The van der Waals surface area contributed by atoms with E-state index < -0.39 is 11.6 Å². The summed E-state index contributed by atoms with van der Waals surface area (Å²) in [7, 11) is 0. The third kappa shape index (κ3) is 3.59. The molecule has 1 aliphatic rings. The first-order chi connectivity index (χ1) is 12.7. The van der Waals surface area contributed by atoms with E-state index in [1.54, 1.807) is 12.4 Å². The summed E-state index contributed by atoms with van der Waals surface area (Å²) in [6.45, 7) is 2.60. The minimum absolute atomic E-state index is 0.153. The van der Waals surface area contributed by atoms with Gasteiger partial charge in [0.2, 0.25) is 0 Å². The van der Waals surface area contributed by atoms with Crippen LogP contribution in [0.1, 0.15) is 24.0 Å². The fraction of sp³-hybridized carbons (Fsp3) is 0.368. The van der Waals surface area contributed by atoms with Crippen LogP contribution in [0.5, 0.6) is 0 Å². The van der Waals surface area contributed by atoms with Gasteiger partial charge in [0.05, 0.1) is 0 Å². The Morgan fingerprint density at radius 1 is 1.19 bits per heavy atom. The summed E-state index contributed by atoms with van der Waals surface area (Å²) in [5.74, 6) is -0.949. The number of likely N-dealkylation sites (tertiary alicyclic amines) is 1. The summed E-state index contributed by atoms with van der Waals surface area (Å²) in [6, 6.07) is 4.31. The number of halogens is 2. The zero-order valence-corrected chi connectivity index (χ0v) is 14.4. The number of H-pyrrole nitrogens is 1. The zero-order valence-electron chi connectivity index (χ0n) is 14.4. The molecule has 1 atom stereocenters. The molecule has 26 heavy (non-hydrogen) atoms. The Balaban J connectivity index is 1.38. The van der Waals surface area contributed by atoms with Gasteiger partial charge in [-0.15, -0.1) is 0 Å². The molecule has 1 unspecified atom stereocenters. The highest BCUT2D eigenvalue weighted by molar-refractivity contribution is 5.74. The van der Waals surface area contributed by atoms with Gasteiger partial charge in [0.1, 0.15) is 17.2 Å². The van der Waals surface area contributed by atoms with Gasteiger partial charge in [0, 0.05) is 55.4 Å². The van der Waals surface area contributed by atoms with Crippen LogP contribution in [0.25, 0.3) is 11.2 Å². The summed E-state index contributed by atoms with van der Waals surface area (Å²) in [5.41, 5.74) is 2.89. The van der Waals surface area contributed by atoms with Crippen LogP contribution >= 0.6 is 0 Å². The maximum Gasteiger partial charge on any atom is 0.156 e. The smallest absolute Gasteiger partial charge is 0.156 e. The standard InChI is InChI=1S/C19H21F2N5/c20-16-4-1-5-17(21)15(16)12-26-8-2-3-14(11-26)24-9-13-10-25-19-18(13)22-6-7-23-19/h1,4-7,10,14,24H,2-3,8-9,11-12H2,(H,23,25). The van der Waals surface area contributed by atoms with E-state index in [4.69, 9.17) is 0 Å². The quantitative estimate of drug-likeness (QED) is 0.737. The topological polar surface area (TPSA) is 56.8 Å². The molecule has 1 fully saturated rings. The van der Waals surface area contributed by atoms with Crippen molar-refractivity contribution in [1.82, 2.24) is 25.2 Å². The average molecular weight is 357 g/mol. The lowest BCUT2D eigenvalue weighted by molar-refractivity contribution is 0.179. The van der Waals surface area contributed by atoms with Gasteiger partial charge in [-0.2, -0.15) is 0 Å². The van der Waals surface area contributed by atoms with Crippen LogP contribution < -0.4 is 5.32 Å². The lowest BCUT2D eigenvalue weighted by Crippen LogP contribution is -2.45. The molecular weight excluding hydrogens is 336 g/mol. The molecule has 0 radical (unpaired) electrons. The molecule has 3 heterocycles. The molecule has 136 valence electrons. The molecule has 0 spiro atoms. The lowest BCUT2D eigenvalue weighted by atomic mass is 10.0. The number of nitrogens with zero attached hydrogens (tertiary/aromatic N) is 3. The Hall–Kier alpha value is -2.38. The number of benzene rings is 1. The van der Waals surface area contributed by atoms with Crippen LogP contribution in [0.15, 0.2) is 36.8 Å². The van der Waals surface area contributed by atoms with E-state index in [0.717, 1.165) is 42.7 Å². The second-order valence-electron chi connectivity index (χ2n) is 6.72. The van der Waals surface area contributed by atoms with Gasteiger partial charge in [-0.3, -0.25) is 9.88 Å². The van der Waals surface area contributed by atoms with Gasteiger partial charge >= 0.3 is 0 Å². The highest BCUT2D eigenvalue weighted by atomic mass is 19.1. The van der Waals surface area contributed by atoms with E-state index in [9.17, 15) is 8.78 Å². The predicted octanol–water partition coefficient (Wildman–Crippen LogP) is 2.99. The summed E-state index contributed by atoms with van der Waals surface area (Å²) in [5, 5.41) is 3.54. The molecule has 1 aliphatic heterocycles. The van der Waals surface area contributed by atoms with Crippen molar-refractivity contribution < 1.29 is 8.78 Å². The summed E-state index contributed by atoms with van der Waals surface area (Å²) in [4.78, 5) is 13.8. The van der Waals surface area contributed by atoms with Crippen LogP contribution in [-0.4, -0.2) is 39.0 Å². The van der Waals surface area contributed by atoms with Gasteiger partial charge in [-0.1, -0.05) is 6.07 Å². The maximum atomic E-state index is 13.9. The van der Waals surface area contributed by atoms with E-state index in [0.29, 0.717) is 13.1 Å². The summed E-state index contributed by atoms with van der Waals surface area (Å²) < 4.78 is 27.8. The molecule has 2 aromatic heterocycles. The van der Waals surface area contributed by atoms with Crippen LogP contribution in [0.3, 0.4) is 0 Å². The minimum Gasteiger partial charge on any atom is -0.344 e. The van der Waals surface area contributed by atoms with Crippen LogP contribution in [0.4, 0.5) is 8.78 Å². The molecule has 3 aromatic rings. The van der Waals surface area contributed by atoms with Crippen LogP contribution in [0, 0.1) is 11.6 Å². The van der Waals surface area contributed by atoms with E-state index in [1.165, 1.54) is 18.2 Å². The largest absolute Gasteiger partial charge is 0.344 e. The Morgan fingerprint density at radius 3 is 2.85 bits per heavy atom. The number of hydrogen-bond acceptors (Lipinski definition) is 4. The van der Waals surface area contributed by atoms with Gasteiger partial charge in [-0.05, 0) is 31.5 Å². The van der Waals surface area contributed by atoms with E-state index in [1.807, 2.05) is 6.20 Å². The predicted molar refractivity (Wildman–Crippen MR) is 95.4 cm³/mol. The Labute approximate surface area is 150 Å². The van der Waals surface area contributed by atoms with Crippen molar-refractivity contribution in [3.63, 3.8) is 0 Å². The third-order valence-electron chi connectivity index (χ3n) is 4.92. The van der Waals surface area contributed by atoms with Gasteiger partial charge in [0.15, 0.2) is 5.65 Å². The first kappa shape index (κ1) is 17.1. The maximum absolute atomic E-state index is 13.9. The van der Waals surface area contributed by atoms with Crippen LogP contribution in [0.2, 0.25) is 0 Å². The Bertz CT molecular complexity index is 874. The molecule has 5 nitrogen and oxygen atoms in total. The molecule has 4 rings (SSSR count). The van der Waals surface area contributed by atoms with E-state index in [-0.39, 0.29) is 11.6 Å². The van der Waals surface area contributed by atoms with Crippen molar-refractivity contribution in [2.24, 2.45) is 0 Å². The average Bonchev–Trinajstić information content (AvgIpc) is 3.07. The first-order valence-corrected chi connectivity index (χ1v) is 8.86. The molecule has 2 N–H and O–H groups in total. The molecule has 1 aromatic carbocycles. The molecule has 1 saturated heterocycles. The summed E-state index contributed by atoms with van der Waals surface area (Å²) >= 11 is 0. The number of aromatic nitrogens is 3. The van der Waals surface area contributed by atoms with Gasteiger partial charge in [-0.25, -0.2) is 13.8 Å².